The summed E-state index contributed by atoms with van der Waals surface area (Å²) in [6.45, 7) is 2.61. The van der Waals surface area contributed by atoms with Crippen LogP contribution in [0.3, 0.4) is 0 Å². The van der Waals surface area contributed by atoms with Gasteiger partial charge >= 0.3 is 6.01 Å². The zero-order chi connectivity index (χ0) is 19.4. The van der Waals surface area contributed by atoms with Gasteiger partial charge in [0.2, 0.25) is 15.9 Å². The maximum absolute atomic E-state index is 12.9. The monoisotopic (exact) mass is 393 g/mol. The zero-order valence-corrected chi connectivity index (χ0v) is 16.4. The van der Waals surface area contributed by atoms with E-state index in [0.717, 1.165) is 5.56 Å². The molecule has 0 saturated carbocycles. The van der Waals surface area contributed by atoms with Gasteiger partial charge in [0, 0.05) is 25.4 Å². The lowest BCUT2D eigenvalue weighted by molar-refractivity contribution is 0.128. The van der Waals surface area contributed by atoms with Crippen LogP contribution in [0.25, 0.3) is 0 Å². The Morgan fingerprint density at radius 3 is 2.48 bits per heavy atom. The number of rotatable bonds is 6. The Bertz CT molecular complexity index is 896. The quantitative estimate of drug-likeness (QED) is 0.742. The molecule has 2 aromatic rings. The number of methoxy groups -OCH3 is 2. The smallest absolute Gasteiger partial charge is 0.319 e. The lowest BCUT2D eigenvalue weighted by atomic mass is 10.1. The molecule has 1 aliphatic rings. The second-order valence-corrected chi connectivity index (χ2v) is 8.17. The van der Waals surface area contributed by atoms with Crippen LogP contribution in [0, 0.1) is 6.92 Å². The van der Waals surface area contributed by atoms with Crippen LogP contribution in [0.2, 0.25) is 0 Å². The van der Waals surface area contributed by atoms with Crippen molar-refractivity contribution in [1.29, 1.82) is 0 Å². The van der Waals surface area contributed by atoms with E-state index in [4.69, 9.17) is 14.2 Å². The lowest BCUT2D eigenvalue weighted by Crippen LogP contribution is -2.41. The van der Waals surface area contributed by atoms with Crippen molar-refractivity contribution in [3.8, 4) is 17.6 Å². The van der Waals surface area contributed by atoms with Crippen LogP contribution in [-0.4, -0.2) is 56.1 Å². The molecule has 27 heavy (non-hydrogen) atoms. The molecule has 8 nitrogen and oxygen atoms in total. The summed E-state index contributed by atoms with van der Waals surface area (Å²) in [5.74, 6) is 1.09. The van der Waals surface area contributed by atoms with E-state index in [0.29, 0.717) is 37.6 Å². The minimum atomic E-state index is -3.54. The molecule has 146 valence electrons. The molecule has 0 amide bonds. The lowest BCUT2D eigenvalue weighted by Gasteiger charge is -2.31. The van der Waals surface area contributed by atoms with Crippen LogP contribution in [-0.2, 0) is 10.0 Å². The second kappa shape index (κ2) is 8.10. The van der Waals surface area contributed by atoms with Gasteiger partial charge < -0.3 is 14.2 Å². The number of benzene rings is 1. The fourth-order valence-corrected chi connectivity index (χ4v) is 4.57. The van der Waals surface area contributed by atoms with Gasteiger partial charge in [-0.15, -0.1) is 0 Å². The first kappa shape index (κ1) is 19.4. The highest BCUT2D eigenvalue weighted by atomic mass is 32.2. The Kier molecular flexibility index (Phi) is 5.81. The topological polar surface area (TPSA) is 90.9 Å². The third-order valence-electron chi connectivity index (χ3n) is 4.48. The minimum absolute atomic E-state index is 0.103. The maximum Gasteiger partial charge on any atom is 0.319 e. The minimum Gasteiger partial charge on any atom is -0.496 e. The third-order valence-corrected chi connectivity index (χ3v) is 6.38. The zero-order valence-electron chi connectivity index (χ0n) is 15.6. The highest BCUT2D eigenvalue weighted by Crippen LogP contribution is 2.26. The summed E-state index contributed by atoms with van der Waals surface area (Å²) in [7, 11) is -0.486. The number of hydrogen-bond acceptors (Lipinski definition) is 7. The van der Waals surface area contributed by atoms with Gasteiger partial charge in [-0.05, 0) is 43.5 Å². The molecule has 0 unspecified atom stereocenters. The molecule has 1 saturated heterocycles. The van der Waals surface area contributed by atoms with Crippen molar-refractivity contribution in [2.45, 2.75) is 30.8 Å². The van der Waals surface area contributed by atoms with Crippen molar-refractivity contribution in [1.82, 2.24) is 14.3 Å². The van der Waals surface area contributed by atoms with E-state index in [1.165, 1.54) is 11.4 Å². The van der Waals surface area contributed by atoms with Crippen molar-refractivity contribution in [3.63, 3.8) is 0 Å². The molecule has 0 radical (unpaired) electrons. The van der Waals surface area contributed by atoms with E-state index in [2.05, 4.69) is 9.97 Å². The number of aryl methyl sites for hydroxylation is 1. The molecule has 2 heterocycles. The van der Waals surface area contributed by atoms with E-state index in [9.17, 15) is 8.42 Å². The van der Waals surface area contributed by atoms with Crippen LogP contribution in [0.5, 0.6) is 17.6 Å². The van der Waals surface area contributed by atoms with E-state index >= 15 is 0 Å². The van der Waals surface area contributed by atoms with Gasteiger partial charge in [0.25, 0.3) is 0 Å². The SMILES string of the molecule is COc1nccc(OC2CCN(S(=O)(=O)c3ccc(OC)c(C)c3)CC2)n1. The average molecular weight is 393 g/mol. The predicted molar refractivity (Wildman–Crippen MR) is 98.7 cm³/mol. The van der Waals surface area contributed by atoms with E-state index in [1.807, 2.05) is 6.92 Å². The molecule has 0 N–H and O–H groups in total. The average Bonchev–Trinajstić information content (AvgIpc) is 2.68. The second-order valence-electron chi connectivity index (χ2n) is 6.23. The van der Waals surface area contributed by atoms with Crippen LogP contribution in [0.1, 0.15) is 18.4 Å². The number of piperidine rings is 1. The van der Waals surface area contributed by atoms with Crippen LogP contribution in [0.15, 0.2) is 35.4 Å². The molecule has 1 aliphatic heterocycles. The summed E-state index contributed by atoms with van der Waals surface area (Å²) in [4.78, 5) is 8.34. The van der Waals surface area contributed by atoms with Gasteiger partial charge in [0.05, 0.1) is 19.1 Å². The molecular formula is C18H23N3O5S. The highest BCUT2D eigenvalue weighted by molar-refractivity contribution is 7.89. The van der Waals surface area contributed by atoms with Gasteiger partial charge in [-0.3, -0.25) is 0 Å². The van der Waals surface area contributed by atoms with Gasteiger partial charge in [-0.25, -0.2) is 13.4 Å². The van der Waals surface area contributed by atoms with Crippen molar-refractivity contribution in [2.75, 3.05) is 27.3 Å². The number of aromatic nitrogens is 2. The largest absolute Gasteiger partial charge is 0.496 e. The van der Waals surface area contributed by atoms with Gasteiger partial charge in [0.15, 0.2) is 0 Å². The molecule has 9 heteroatoms. The van der Waals surface area contributed by atoms with Crippen molar-refractivity contribution in [2.24, 2.45) is 0 Å². The number of nitrogens with zero attached hydrogens (tertiary/aromatic N) is 3. The van der Waals surface area contributed by atoms with E-state index in [1.54, 1.807) is 37.6 Å². The van der Waals surface area contributed by atoms with Gasteiger partial charge in [-0.2, -0.15) is 9.29 Å². The summed E-state index contributed by atoms with van der Waals surface area (Å²) >= 11 is 0. The predicted octanol–water partition coefficient (Wildman–Crippen LogP) is 2.03. The Balaban J connectivity index is 1.64. The molecule has 3 rings (SSSR count). The van der Waals surface area contributed by atoms with E-state index in [-0.39, 0.29) is 17.0 Å². The Labute approximate surface area is 159 Å². The number of hydrogen-bond donors (Lipinski definition) is 0. The van der Waals surface area contributed by atoms with Crippen molar-refractivity contribution >= 4 is 10.0 Å². The molecule has 0 spiro atoms. The summed E-state index contributed by atoms with van der Waals surface area (Å²) in [5, 5.41) is 0. The summed E-state index contributed by atoms with van der Waals surface area (Å²) in [6.07, 6.45) is 2.63. The van der Waals surface area contributed by atoms with E-state index < -0.39 is 10.0 Å². The van der Waals surface area contributed by atoms with Crippen molar-refractivity contribution < 1.29 is 22.6 Å². The number of ether oxygens (including phenoxy) is 3. The molecule has 0 atom stereocenters. The molecule has 1 aromatic heterocycles. The third kappa shape index (κ3) is 4.30. The molecular weight excluding hydrogens is 370 g/mol. The highest BCUT2D eigenvalue weighted by Gasteiger charge is 2.30. The van der Waals surface area contributed by atoms with Crippen LogP contribution in [0.4, 0.5) is 0 Å². The Morgan fingerprint density at radius 2 is 1.85 bits per heavy atom. The normalized spacial score (nSPS) is 16.1. The summed E-state index contributed by atoms with van der Waals surface area (Å²) in [6, 6.07) is 6.80. The van der Waals surface area contributed by atoms with Crippen LogP contribution < -0.4 is 14.2 Å². The van der Waals surface area contributed by atoms with Crippen molar-refractivity contribution in [3.05, 3.63) is 36.0 Å². The first-order valence-corrected chi connectivity index (χ1v) is 10.1. The maximum atomic E-state index is 12.9. The molecule has 1 fully saturated rings. The molecule has 1 aromatic carbocycles. The summed E-state index contributed by atoms with van der Waals surface area (Å²) < 4.78 is 43.3. The first-order valence-electron chi connectivity index (χ1n) is 8.62. The standard InChI is InChI=1S/C18H23N3O5S/c1-13-12-15(4-5-16(13)24-2)27(22,23)21-10-7-14(8-11-21)26-17-6-9-19-18(20-17)25-3/h4-6,9,12,14H,7-8,10-11H2,1-3H3. The molecule has 0 bridgehead atoms. The Morgan fingerprint density at radius 1 is 1.11 bits per heavy atom. The van der Waals surface area contributed by atoms with Gasteiger partial charge in [-0.1, -0.05) is 0 Å². The number of sulfonamides is 1. The summed E-state index contributed by atoms with van der Waals surface area (Å²) in [5.41, 5.74) is 0.787. The first-order chi connectivity index (χ1) is 12.9. The molecule has 0 aliphatic carbocycles. The Hall–Kier alpha value is -2.39. The van der Waals surface area contributed by atoms with Gasteiger partial charge in [0.1, 0.15) is 11.9 Å². The van der Waals surface area contributed by atoms with Crippen LogP contribution >= 0.6 is 0 Å². The fourth-order valence-electron chi connectivity index (χ4n) is 3.01. The fraction of sp³-hybridized carbons (Fsp3) is 0.444.